The zero-order valence-electron chi connectivity index (χ0n) is 12.5. The summed E-state index contributed by atoms with van der Waals surface area (Å²) in [5.41, 5.74) is 2.14. The molecule has 0 unspecified atom stereocenters. The zero-order valence-corrected chi connectivity index (χ0v) is 15.1. The van der Waals surface area contributed by atoms with Crippen LogP contribution in [0.1, 0.15) is 27.7 Å². The van der Waals surface area contributed by atoms with Crippen LogP contribution >= 0.6 is 15.9 Å². The lowest BCUT2D eigenvalue weighted by molar-refractivity contribution is 0.916. The van der Waals surface area contributed by atoms with Gasteiger partial charge in [-0.3, -0.25) is 0 Å². The zero-order chi connectivity index (χ0) is 14.8. The van der Waals surface area contributed by atoms with Gasteiger partial charge >= 0.3 is 0 Å². The molecule has 0 fully saturated rings. The van der Waals surface area contributed by atoms with Gasteiger partial charge in [-0.1, -0.05) is 55.8 Å². The van der Waals surface area contributed by atoms with Crippen LogP contribution in [0.3, 0.4) is 0 Å². The van der Waals surface area contributed by atoms with Crippen molar-refractivity contribution in [3.05, 3.63) is 47.2 Å². The van der Waals surface area contributed by atoms with Crippen molar-refractivity contribution >= 4 is 34.6 Å². The van der Waals surface area contributed by atoms with Crippen LogP contribution in [0.25, 0.3) is 0 Å². The molecule has 0 saturated carbocycles. The molecule has 0 amide bonds. The summed E-state index contributed by atoms with van der Waals surface area (Å²) in [5, 5.41) is 1.41. The van der Waals surface area contributed by atoms with Crippen molar-refractivity contribution in [2.24, 2.45) is 0 Å². The molecule has 0 saturated heterocycles. The van der Waals surface area contributed by atoms with Crippen LogP contribution in [0, 0.1) is 0 Å². The maximum atomic E-state index is 4.63. The van der Waals surface area contributed by atoms with Gasteiger partial charge in [0.2, 0.25) is 0 Å². The van der Waals surface area contributed by atoms with E-state index in [0.717, 1.165) is 9.92 Å². The van der Waals surface area contributed by atoms with E-state index in [1.165, 1.54) is 5.19 Å². The van der Waals surface area contributed by atoms with Crippen molar-refractivity contribution in [1.82, 2.24) is 9.97 Å². The Labute approximate surface area is 130 Å². The average molecular weight is 349 g/mol. The molecular formula is C16H21BrN2Si. The first-order chi connectivity index (χ1) is 9.49. The SMILES string of the molecule is CC(C)[Si](c1ccc(Br)cc1)(c1ncccn1)C(C)C. The maximum absolute atomic E-state index is 4.63. The molecule has 2 nitrogen and oxygen atoms in total. The van der Waals surface area contributed by atoms with Gasteiger partial charge in [0.15, 0.2) is 8.07 Å². The van der Waals surface area contributed by atoms with Crippen molar-refractivity contribution in [1.29, 1.82) is 0 Å². The summed E-state index contributed by atoms with van der Waals surface area (Å²) in [6.45, 7) is 9.24. The van der Waals surface area contributed by atoms with E-state index in [-0.39, 0.29) is 0 Å². The fourth-order valence-electron chi connectivity index (χ4n) is 3.22. The van der Waals surface area contributed by atoms with Gasteiger partial charge in [0.25, 0.3) is 0 Å². The topological polar surface area (TPSA) is 25.8 Å². The van der Waals surface area contributed by atoms with Gasteiger partial charge in [0, 0.05) is 16.9 Å². The van der Waals surface area contributed by atoms with E-state index in [0.29, 0.717) is 11.1 Å². The third-order valence-corrected chi connectivity index (χ3v) is 10.5. The van der Waals surface area contributed by atoms with E-state index < -0.39 is 8.07 Å². The minimum Gasteiger partial charge on any atom is -0.246 e. The molecule has 1 aromatic heterocycles. The smallest absolute Gasteiger partial charge is 0.170 e. The lowest BCUT2D eigenvalue weighted by Crippen LogP contribution is -2.64. The first kappa shape index (κ1) is 15.4. The van der Waals surface area contributed by atoms with Gasteiger partial charge in [-0.25, -0.2) is 9.97 Å². The van der Waals surface area contributed by atoms with Crippen LogP contribution in [0.15, 0.2) is 47.2 Å². The summed E-state index contributed by atoms with van der Waals surface area (Å²) in [5.74, 6) is 0. The molecule has 0 atom stereocenters. The molecule has 0 radical (unpaired) electrons. The summed E-state index contributed by atoms with van der Waals surface area (Å²) in [4.78, 5) is 9.26. The predicted molar refractivity (Wildman–Crippen MR) is 91.4 cm³/mol. The molecule has 2 aromatic rings. The number of halogens is 1. The second kappa shape index (κ2) is 6.18. The Bertz CT molecular complexity index is 544. The van der Waals surface area contributed by atoms with E-state index in [1.807, 2.05) is 18.5 Å². The lowest BCUT2D eigenvalue weighted by atomic mass is 10.4. The minimum absolute atomic E-state index is 0.547. The van der Waals surface area contributed by atoms with Crippen LogP contribution in [-0.4, -0.2) is 18.0 Å². The van der Waals surface area contributed by atoms with E-state index in [1.54, 1.807) is 0 Å². The number of hydrogen-bond acceptors (Lipinski definition) is 2. The summed E-state index contributed by atoms with van der Waals surface area (Å²) >= 11 is 3.53. The van der Waals surface area contributed by atoms with Crippen LogP contribution in [0.4, 0.5) is 0 Å². The van der Waals surface area contributed by atoms with Crippen molar-refractivity contribution in [2.75, 3.05) is 0 Å². The highest BCUT2D eigenvalue weighted by atomic mass is 79.9. The van der Waals surface area contributed by atoms with Crippen molar-refractivity contribution in [3.8, 4) is 0 Å². The highest BCUT2D eigenvalue weighted by molar-refractivity contribution is 9.10. The molecule has 4 heteroatoms. The van der Waals surface area contributed by atoms with E-state index in [9.17, 15) is 0 Å². The Morgan fingerprint density at radius 2 is 1.40 bits per heavy atom. The molecule has 2 rings (SSSR count). The Kier molecular flexibility index (Phi) is 4.76. The fraction of sp³-hybridized carbons (Fsp3) is 0.375. The number of hydrogen-bond donors (Lipinski definition) is 0. The second-order valence-corrected chi connectivity index (χ2v) is 11.7. The number of rotatable bonds is 4. The Morgan fingerprint density at radius 3 is 1.85 bits per heavy atom. The molecule has 0 bridgehead atoms. The summed E-state index contributed by atoms with van der Waals surface area (Å²) in [6.07, 6.45) is 3.74. The lowest BCUT2D eigenvalue weighted by Gasteiger charge is -2.38. The number of benzene rings is 1. The average Bonchev–Trinajstić information content (AvgIpc) is 2.42. The molecule has 106 valence electrons. The molecule has 20 heavy (non-hydrogen) atoms. The number of nitrogens with zero attached hydrogens (tertiary/aromatic N) is 2. The standard InChI is InChI=1S/C16H21BrN2Si/c1-12(2)20(13(3)4,16-18-10-5-11-19-16)15-8-6-14(17)7-9-15/h5-13H,1-4H3. The minimum atomic E-state index is -1.97. The summed E-state index contributed by atoms with van der Waals surface area (Å²) in [7, 11) is -1.97. The maximum Gasteiger partial charge on any atom is 0.170 e. The largest absolute Gasteiger partial charge is 0.246 e. The molecule has 1 heterocycles. The van der Waals surface area contributed by atoms with Crippen LogP contribution < -0.4 is 10.6 Å². The van der Waals surface area contributed by atoms with Crippen LogP contribution in [0.2, 0.25) is 11.1 Å². The van der Waals surface area contributed by atoms with Crippen LogP contribution in [0.5, 0.6) is 0 Å². The van der Waals surface area contributed by atoms with Gasteiger partial charge in [0.1, 0.15) is 5.45 Å². The van der Waals surface area contributed by atoms with Gasteiger partial charge in [-0.2, -0.15) is 0 Å². The fourth-order valence-corrected chi connectivity index (χ4v) is 8.73. The van der Waals surface area contributed by atoms with Crippen molar-refractivity contribution < 1.29 is 0 Å². The molecule has 0 spiro atoms. The third kappa shape index (κ3) is 2.59. The Morgan fingerprint density at radius 1 is 0.900 bits per heavy atom. The molecule has 1 aromatic carbocycles. The molecule has 0 aliphatic rings. The predicted octanol–water partition coefficient (Wildman–Crippen LogP) is 3.62. The van der Waals surface area contributed by atoms with Gasteiger partial charge in [-0.15, -0.1) is 0 Å². The van der Waals surface area contributed by atoms with Gasteiger partial charge in [-0.05, 0) is 34.5 Å². The highest BCUT2D eigenvalue weighted by Crippen LogP contribution is 2.31. The quantitative estimate of drug-likeness (QED) is 0.788. The summed E-state index contributed by atoms with van der Waals surface area (Å²) < 4.78 is 1.12. The summed E-state index contributed by atoms with van der Waals surface area (Å²) in [6, 6.07) is 10.6. The monoisotopic (exact) mass is 348 g/mol. The molecule has 0 aliphatic carbocycles. The number of aromatic nitrogens is 2. The normalized spacial score (nSPS) is 12.2. The van der Waals surface area contributed by atoms with Gasteiger partial charge in [0.05, 0.1) is 0 Å². The molecule has 0 N–H and O–H groups in total. The van der Waals surface area contributed by atoms with Crippen molar-refractivity contribution in [3.63, 3.8) is 0 Å². The van der Waals surface area contributed by atoms with Crippen LogP contribution in [-0.2, 0) is 0 Å². The van der Waals surface area contributed by atoms with E-state index in [4.69, 9.17) is 0 Å². The van der Waals surface area contributed by atoms with Crippen molar-refractivity contribution in [2.45, 2.75) is 38.8 Å². The first-order valence-electron chi connectivity index (χ1n) is 7.03. The Hall–Kier alpha value is -1.00. The molecular weight excluding hydrogens is 328 g/mol. The highest BCUT2D eigenvalue weighted by Gasteiger charge is 2.46. The van der Waals surface area contributed by atoms with E-state index in [2.05, 4.69) is 77.9 Å². The van der Waals surface area contributed by atoms with E-state index >= 15 is 0 Å². The third-order valence-electron chi connectivity index (χ3n) is 4.08. The second-order valence-electron chi connectivity index (χ2n) is 5.76. The molecule has 0 aliphatic heterocycles. The Balaban J connectivity index is 2.69. The first-order valence-corrected chi connectivity index (χ1v) is 9.98. The van der Waals surface area contributed by atoms with Gasteiger partial charge < -0.3 is 0 Å².